The number of nitrogens with one attached hydrogen (secondary N) is 1. The Morgan fingerprint density at radius 3 is 2.38 bits per heavy atom. The van der Waals surface area contributed by atoms with Crippen LogP contribution in [0.3, 0.4) is 0 Å². The smallest absolute Gasteiger partial charge is 0.294 e. The Morgan fingerprint density at radius 1 is 1.03 bits per heavy atom. The number of hydrogen-bond acceptors (Lipinski definition) is 4. The molecule has 0 spiro atoms. The molecule has 166 valence electrons. The van der Waals surface area contributed by atoms with E-state index < -0.39 is 0 Å². The standard InChI is InChI=1S/C25H30N6O/c1-5-6-11-23-18(4)31(17(2)3)25(32)30(23)16-19-12-14-20(15-13-19)21-9-7-8-10-22(21)24-26-28-29-27-24/h7-10,12-15,17H,5-6,11,16H2,1-4H3,(H,26,27,28,29). The third-order valence-corrected chi connectivity index (χ3v) is 5.96. The number of nitrogens with zero attached hydrogens (tertiary/aromatic N) is 5. The molecule has 2 heterocycles. The normalized spacial score (nSPS) is 11.4. The van der Waals surface area contributed by atoms with Gasteiger partial charge in [0.2, 0.25) is 0 Å². The van der Waals surface area contributed by atoms with Crippen molar-refractivity contribution in [1.29, 1.82) is 0 Å². The molecule has 2 aromatic carbocycles. The minimum absolute atomic E-state index is 0.0795. The number of hydrogen-bond donors (Lipinski definition) is 1. The molecule has 0 amide bonds. The van der Waals surface area contributed by atoms with E-state index in [1.807, 2.05) is 27.3 Å². The van der Waals surface area contributed by atoms with Gasteiger partial charge in [0, 0.05) is 23.0 Å². The Labute approximate surface area is 188 Å². The Hall–Kier alpha value is -3.48. The highest BCUT2D eigenvalue weighted by atomic mass is 16.1. The third-order valence-electron chi connectivity index (χ3n) is 5.96. The van der Waals surface area contributed by atoms with Crippen LogP contribution in [0.2, 0.25) is 0 Å². The molecule has 1 N–H and O–H groups in total. The molecular formula is C25H30N6O. The van der Waals surface area contributed by atoms with E-state index in [4.69, 9.17) is 0 Å². The fourth-order valence-electron chi connectivity index (χ4n) is 4.34. The molecule has 2 aromatic heterocycles. The largest absolute Gasteiger partial charge is 0.329 e. The zero-order valence-electron chi connectivity index (χ0n) is 19.2. The van der Waals surface area contributed by atoms with E-state index in [9.17, 15) is 4.79 Å². The summed E-state index contributed by atoms with van der Waals surface area (Å²) in [5.74, 6) is 0.641. The monoisotopic (exact) mass is 430 g/mol. The summed E-state index contributed by atoms with van der Waals surface area (Å²) in [6.07, 6.45) is 3.11. The highest BCUT2D eigenvalue weighted by molar-refractivity contribution is 5.80. The van der Waals surface area contributed by atoms with Crippen molar-refractivity contribution >= 4 is 0 Å². The zero-order chi connectivity index (χ0) is 22.7. The van der Waals surface area contributed by atoms with Gasteiger partial charge in [0.15, 0.2) is 5.82 Å². The van der Waals surface area contributed by atoms with E-state index in [1.54, 1.807) is 0 Å². The van der Waals surface area contributed by atoms with Gasteiger partial charge in [-0.1, -0.05) is 61.9 Å². The van der Waals surface area contributed by atoms with E-state index in [0.29, 0.717) is 12.4 Å². The third kappa shape index (κ3) is 4.15. The first-order valence-corrected chi connectivity index (χ1v) is 11.2. The number of benzene rings is 2. The number of tetrazole rings is 1. The summed E-state index contributed by atoms with van der Waals surface area (Å²) in [5, 5.41) is 14.3. The van der Waals surface area contributed by atoms with Gasteiger partial charge in [-0.2, -0.15) is 0 Å². The lowest BCUT2D eigenvalue weighted by Gasteiger charge is -2.10. The Balaban J connectivity index is 1.66. The summed E-state index contributed by atoms with van der Waals surface area (Å²) < 4.78 is 3.87. The number of H-pyrrole nitrogens is 1. The first kappa shape index (κ1) is 21.7. The molecule has 0 fully saturated rings. The van der Waals surface area contributed by atoms with E-state index in [0.717, 1.165) is 52.9 Å². The molecule has 0 aliphatic rings. The van der Waals surface area contributed by atoms with Crippen molar-refractivity contribution in [3.8, 4) is 22.5 Å². The molecule has 0 radical (unpaired) electrons. The highest BCUT2D eigenvalue weighted by Gasteiger charge is 2.18. The molecule has 0 unspecified atom stereocenters. The van der Waals surface area contributed by atoms with Crippen LogP contribution < -0.4 is 5.69 Å². The van der Waals surface area contributed by atoms with Crippen LogP contribution in [0.15, 0.2) is 53.3 Å². The van der Waals surface area contributed by atoms with Gasteiger partial charge < -0.3 is 0 Å². The number of imidazole rings is 1. The average molecular weight is 431 g/mol. The predicted molar refractivity (Wildman–Crippen MR) is 127 cm³/mol. The number of unbranched alkanes of at least 4 members (excludes halogenated alkanes) is 1. The zero-order valence-corrected chi connectivity index (χ0v) is 19.2. The maximum absolute atomic E-state index is 13.2. The summed E-state index contributed by atoms with van der Waals surface area (Å²) >= 11 is 0. The lowest BCUT2D eigenvalue weighted by Crippen LogP contribution is -2.27. The summed E-state index contributed by atoms with van der Waals surface area (Å²) in [7, 11) is 0. The second-order valence-corrected chi connectivity index (χ2v) is 8.46. The summed E-state index contributed by atoms with van der Waals surface area (Å²) in [6, 6.07) is 16.6. The molecule has 7 heteroatoms. The summed E-state index contributed by atoms with van der Waals surface area (Å²) in [5.41, 5.74) is 6.51. The minimum atomic E-state index is 0.0795. The van der Waals surface area contributed by atoms with Crippen molar-refractivity contribution < 1.29 is 0 Å². The van der Waals surface area contributed by atoms with Crippen molar-refractivity contribution in [2.75, 3.05) is 0 Å². The van der Waals surface area contributed by atoms with Crippen LogP contribution in [0.1, 0.15) is 56.6 Å². The van der Waals surface area contributed by atoms with Crippen molar-refractivity contribution in [3.05, 3.63) is 76.0 Å². The lowest BCUT2D eigenvalue weighted by molar-refractivity contribution is 0.550. The first-order chi connectivity index (χ1) is 15.5. The maximum Gasteiger partial charge on any atom is 0.329 e. The molecule has 32 heavy (non-hydrogen) atoms. The molecule has 7 nitrogen and oxygen atoms in total. The lowest BCUT2D eigenvalue weighted by atomic mass is 9.98. The number of rotatable bonds is 8. The van der Waals surface area contributed by atoms with Crippen LogP contribution in [-0.2, 0) is 13.0 Å². The van der Waals surface area contributed by atoms with Gasteiger partial charge in [0.25, 0.3) is 0 Å². The van der Waals surface area contributed by atoms with Crippen LogP contribution in [0.25, 0.3) is 22.5 Å². The number of aromatic nitrogens is 6. The molecular weight excluding hydrogens is 400 g/mol. The maximum atomic E-state index is 13.2. The topological polar surface area (TPSA) is 81.4 Å². The fraction of sp³-hybridized carbons (Fsp3) is 0.360. The quantitative estimate of drug-likeness (QED) is 0.436. The Morgan fingerprint density at radius 2 is 1.75 bits per heavy atom. The second kappa shape index (κ2) is 9.34. The summed E-state index contributed by atoms with van der Waals surface area (Å²) in [6.45, 7) is 8.97. The van der Waals surface area contributed by atoms with Crippen LogP contribution in [-0.4, -0.2) is 29.8 Å². The van der Waals surface area contributed by atoms with Gasteiger partial charge in [-0.25, -0.2) is 9.89 Å². The molecule has 4 rings (SSSR count). The number of aromatic amines is 1. The summed E-state index contributed by atoms with van der Waals surface area (Å²) in [4.78, 5) is 13.2. The van der Waals surface area contributed by atoms with Gasteiger partial charge in [0.1, 0.15) is 0 Å². The Bertz CT molecular complexity index is 1230. The van der Waals surface area contributed by atoms with Gasteiger partial charge in [-0.05, 0) is 60.7 Å². The fourth-order valence-corrected chi connectivity index (χ4v) is 4.34. The average Bonchev–Trinajstić information content (AvgIpc) is 3.40. The second-order valence-electron chi connectivity index (χ2n) is 8.46. The molecule has 0 aliphatic carbocycles. The van der Waals surface area contributed by atoms with Crippen LogP contribution >= 0.6 is 0 Å². The minimum Gasteiger partial charge on any atom is -0.294 e. The van der Waals surface area contributed by atoms with Crippen molar-refractivity contribution in [2.24, 2.45) is 0 Å². The molecule has 4 aromatic rings. The highest BCUT2D eigenvalue weighted by Crippen LogP contribution is 2.30. The van der Waals surface area contributed by atoms with E-state index in [-0.39, 0.29) is 11.7 Å². The van der Waals surface area contributed by atoms with Gasteiger partial charge in [0.05, 0.1) is 6.54 Å². The van der Waals surface area contributed by atoms with Crippen LogP contribution in [0, 0.1) is 6.92 Å². The molecule has 0 saturated heterocycles. The first-order valence-electron chi connectivity index (χ1n) is 11.2. The van der Waals surface area contributed by atoms with E-state index in [1.165, 1.54) is 0 Å². The van der Waals surface area contributed by atoms with Gasteiger partial charge >= 0.3 is 5.69 Å². The van der Waals surface area contributed by atoms with Crippen molar-refractivity contribution in [1.82, 2.24) is 29.8 Å². The van der Waals surface area contributed by atoms with Crippen LogP contribution in [0.5, 0.6) is 0 Å². The van der Waals surface area contributed by atoms with Crippen molar-refractivity contribution in [2.45, 2.75) is 59.5 Å². The van der Waals surface area contributed by atoms with E-state index in [2.05, 4.69) is 78.7 Å². The molecule has 0 saturated carbocycles. The molecule has 0 bridgehead atoms. The van der Waals surface area contributed by atoms with Gasteiger partial charge in [-0.3, -0.25) is 9.13 Å². The van der Waals surface area contributed by atoms with E-state index >= 15 is 0 Å². The Kier molecular flexibility index (Phi) is 6.35. The van der Waals surface area contributed by atoms with Gasteiger partial charge in [-0.15, -0.1) is 5.10 Å². The van der Waals surface area contributed by atoms with Crippen LogP contribution in [0.4, 0.5) is 0 Å². The SMILES string of the molecule is CCCCc1c(C)n(C(C)C)c(=O)n1Cc1ccc(-c2ccccc2-c2nnn[nH]2)cc1. The molecule has 0 atom stereocenters. The van der Waals surface area contributed by atoms with Crippen molar-refractivity contribution in [3.63, 3.8) is 0 Å². The predicted octanol–water partition coefficient (Wildman–Crippen LogP) is 4.78. The molecule has 0 aliphatic heterocycles.